The highest BCUT2D eigenvalue weighted by Gasteiger charge is 2.31. The quantitative estimate of drug-likeness (QED) is 0.624. The van der Waals surface area contributed by atoms with Crippen molar-refractivity contribution in [1.82, 2.24) is 0 Å². The molecule has 0 bridgehead atoms. The summed E-state index contributed by atoms with van der Waals surface area (Å²) in [4.78, 5) is 0. The second-order valence-electron chi connectivity index (χ2n) is 4.13. The van der Waals surface area contributed by atoms with E-state index in [1.807, 2.05) is 0 Å². The molecule has 2 unspecified atom stereocenters. The van der Waals surface area contributed by atoms with Crippen molar-refractivity contribution in [1.29, 1.82) is 0 Å². The monoisotopic (exact) mass is 166 g/mol. The molecule has 0 radical (unpaired) electrons. The fourth-order valence-electron chi connectivity index (χ4n) is 2.16. The molecule has 1 nitrogen and oxygen atoms in total. The van der Waals surface area contributed by atoms with Crippen molar-refractivity contribution in [2.75, 3.05) is 0 Å². The van der Waals surface area contributed by atoms with Crippen LogP contribution in [-0.4, -0.2) is 10.7 Å². The molecule has 1 heteroatoms. The first-order valence-electron chi connectivity index (χ1n) is 4.82. The SMILES string of the molecule is C#CCCC1(O)CCCC(C)C1. The Bertz CT molecular complexity index is 180. The maximum atomic E-state index is 10.1. The molecule has 1 saturated carbocycles. The summed E-state index contributed by atoms with van der Waals surface area (Å²) in [5, 5.41) is 10.1. The first-order chi connectivity index (χ1) is 5.66. The summed E-state index contributed by atoms with van der Waals surface area (Å²) in [6, 6.07) is 0. The first kappa shape index (κ1) is 9.61. The minimum Gasteiger partial charge on any atom is -0.390 e. The molecule has 1 aliphatic carbocycles. The highest BCUT2D eigenvalue weighted by atomic mass is 16.3. The van der Waals surface area contributed by atoms with Crippen LogP contribution in [0.25, 0.3) is 0 Å². The van der Waals surface area contributed by atoms with Gasteiger partial charge in [-0.2, -0.15) is 0 Å². The number of rotatable bonds is 2. The summed E-state index contributed by atoms with van der Waals surface area (Å²) in [6.45, 7) is 2.21. The average Bonchev–Trinajstić information content (AvgIpc) is 2.01. The molecule has 0 saturated heterocycles. The molecule has 68 valence electrons. The van der Waals surface area contributed by atoms with Crippen molar-refractivity contribution in [3.63, 3.8) is 0 Å². The lowest BCUT2D eigenvalue weighted by Gasteiger charge is -2.35. The van der Waals surface area contributed by atoms with Gasteiger partial charge in [-0.25, -0.2) is 0 Å². The van der Waals surface area contributed by atoms with E-state index in [0.29, 0.717) is 12.3 Å². The lowest BCUT2D eigenvalue weighted by molar-refractivity contribution is -0.0187. The molecule has 0 aromatic carbocycles. The van der Waals surface area contributed by atoms with E-state index in [9.17, 15) is 5.11 Å². The van der Waals surface area contributed by atoms with Crippen LogP contribution in [0.3, 0.4) is 0 Å². The Balaban J connectivity index is 2.41. The molecule has 0 amide bonds. The summed E-state index contributed by atoms with van der Waals surface area (Å²) in [5.41, 5.74) is -0.440. The van der Waals surface area contributed by atoms with Crippen molar-refractivity contribution >= 4 is 0 Å². The van der Waals surface area contributed by atoms with Crippen LogP contribution < -0.4 is 0 Å². The smallest absolute Gasteiger partial charge is 0.0659 e. The van der Waals surface area contributed by atoms with Crippen LogP contribution in [0.1, 0.15) is 45.4 Å². The van der Waals surface area contributed by atoms with Gasteiger partial charge in [-0.05, 0) is 25.2 Å². The highest BCUT2D eigenvalue weighted by molar-refractivity contribution is 4.91. The maximum Gasteiger partial charge on any atom is 0.0659 e. The molecule has 0 aromatic heterocycles. The predicted octanol–water partition coefficient (Wildman–Crippen LogP) is 2.34. The minimum absolute atomic E-state index is 0.440. The van der Waals surface area contributed by atoms with Gasteiger partial charge in [0.1, 0.15) is 0 Å². The summed E-state index contributed by atoms with van der Waals surface area (Å²) in [7, 11) is 0. The number of aliphatic hydroxyl groups is 1. The third-order valence-corrected chi connectivity index (χ3v) is 2.80. The standard InChI is InChI=1S/C11H18O/c1-3-4-7-11(12)8-5-6-10(2)9-11/h1,10,12H,4-9H2,2H3. The molecule has 0 aromatic rings. The van der Waals surface area contributed by atoms with E-state index in [4.69, 9.17) is 6.42 Å². The van der Waals surface area contributed by atoms with Crippen molar-refractivity contribution in [2.45, 2.75) is 51.0 Å². The summed E-state index contributed by atoms with van der Waals surface area (Å²) < 4.78 is 0. The van der Waals surface area contributed by atoms with E-state index >= 15 is 0 Å². The molecule has 2 atom stereocenters. The van der Waals surface area contributed by atoms with Crippen LogP contribution in [0.2, 0.25) is 0 Å². The average molecular weight is 166 g/mol. The zero-order chi connectivity index (χ0) is 9.03. The Labute approximate surface area is 75.2 Å². The largest absolute Gasteiger partial charge is 0.390 e. The fourth-order valence-corrected chi connectivity index (χ4v) is 2.16. The van der Waals surface area contributed by atoms with E-state index in [-0.39, 0.29) is 0 Å². The molecule has 12 heavy (non-hydrogen) atoms. The molecular weight excluding hydrogens is 148 g/mol. The van der Waals surface area contributed by atoms with Crippen LogP contribution in [-0.2, 0) is 0 Å². The minimum atomic E-state index is -0.440. The number of terminal acetylenes is 1. The summed E-state index contributed by atoms with van der Waals surface area (Å²) >= 11 is 0. The summed E-state index contributed by atoms with van der Waals surface area (Å²) in [5.74, 6) is 3.26. The van der Waals surface area contributed by atoms with Crippen molar-refractivity contribution in [3.8, 4) is 12.3 Å². The molecular formula is C11H18O. The van der Waals surface area contributed by atoms with Crippen LogP contribution >= 0.6 is 0 Å². The molecule has 1 rings (SSSR count). The zero-order valence-corrected chi connectivity index (χ0v) is 7.84. The van der Waals surface area contributed by atoms with Crippen LogP contribution in [0.5, 0.6) is 0 Å². The Morgan fingerprint density at radius 3 is 3.00 bits per heavy atom. The normalized spacial score (nSPS) is 35.9. The van der Waals surface area contributed by atoms with Gasteiger partial charge >= 0.3 is 0 Å². The Hall–Kier alpha value is -0.480. The first-order valence-corrected chi connectivity index (χ1v) is 4.82. The maximum absolute atomic E-state index is 10.1. The van der Waals surface area contributed by atoms with Gasteiger partial charge in [0.25, 0.3) is 0 Å². The van der Waals surface area contributed by atoms with E-state index in [0.717, 1.165) is 25.7 Å². The van der Waals surface area contributed by atoms with Crippen LogP contribution in [0.15, 0.2) is 0 Å². The van der Waals surface area contributed by atoms with Crippen molar-refractivity contribution in [2.24, 2.45) is 5.92 Å². The zero-order valence-electron chi connectivity index (χ0n) is 7.84. The van der Waals surface area contributed by atoms with Crippen molar-refractivity contribution < 1.29 is 5.11 Å². The topological polar surface area (TPSA) is 20.2 Å². The van der Waals surface area contributed by atoms with Crippen LogP contribution in [0.4, 0.5) is 0 Å². The van der Waals surface area contributed by atoms with E-state index in [2.05, 4.69) is 12.8 Å². The van der Waals surface area contributed by atoms with Crippen LogP contribution in [0, 0.1) is 18.3 Å². The highest BCUT2D eigenvalue weighted by Crippen LogP contribution is 2.34. The summed E-state index contributed by atoms with van der Waals surface area (Å²) in [6.07, 6.45) is 11.0. The van der Waals surface area contributed by atoms with Gasteiger partial charge in [-0.15, -0.1) is 12.3 Å². The molecule has 1 N–H and O–H groups in total. The Morgan fingerprint density at radius 1 is 1.67 bits per heavy atom. The lowest BCUT2D eigenvalue weighted by atomic mass is 9.77. The van der Waals surface area contributed by atoms with Crippen molar-refractivity contribution in [3.05, 3.63) is 0 Å². The van der Waals surface area contributed by atoms with E-state index in [1.54, 1.807) is 0 Å². The van der Waals surface area contributed by atoms with Gasteiger partial charge in [0.2, 0.25) is 0 Å². The van der Waals surface area contributed by atoms with E-state index < -0.39 is 5.60 Å². The van der Waals surface area contributed by atoms with Gasteiger partial charge in [-0.1, -0.05) is 19.8 Å². The Morgan fingerprint density at radius 2 is 2.42 bits per heavy atom. The van der Waals surface area contributed by atoms with Gasteiger partial charge in [0.05, 0.1) is 5.60 Å². The van der Waals surface area contributed by atoms with Gasteiger partial charge in [0, 0.05) is 6.42 Å². The van der Waals surface area contributed by atoms with Gasteiger partial charge < -0.3 is 5.11 Å². The molecule has 0 spiro atoms. The van der Waals surface area contributed by atoms with E-state index in [1.165, 1.54) is 6.42 Å². The number of hydrogen-bond acceptors (Lipinski definition) is 1. The lowest BCUT2D eigenvalue weighted by Crippen LogP contribution is -2.34. The predicted molar refractivity (Wildman–Crippen MR) is 50.6 cm³/mol. The van der Waals surface area contributed by atoms with Gasteiger partial charge in [-0.3, -0.25) is 0 Å². The third kappa shape index (κ3) is 2.53. The molecule has 1 fully saturated rings. The molecule has 0 heterocycles. The Kier molecular flexibility index (Phi) is 3.17. The molecule has 0 aliphatic heterocycles. The second kappa shape index (κ2) is 3.96. The number of hydrogen-bond donors (Lipinski definition) is 1. The fraction of sp³-hybridized carbons (Fsp3) is 0.818. The second-order valence-corrected chi connectivity index (χ2v) is 4.13. The van der Waals surface area contributed by atoms with Gasteiger partial charge in [0.15, 0.2) is 0 Å². The third-order valence-electron chi connectivity index (χ3n) is 2.80. The molecule has 1 aliphatic rings.